The predicted octanol–water partition coefficient (Wildman–Crippen LogP) is 0.368. The van der Waals surface area contributed by atoms with E-state index in [1.807, 2.05) is 0 Å². The first-order valence-electron chi connectivity index (χ1n) is 5.45. The number of pyridine rings is 1. The van der Waals surface area contributed by atoms with Gasteiger partial charge in [0.25, 0.3) is 5.91 Å². The van der Waals surface area contributed by atoms with Crippen LogP contribution in [0, 0.1) is 11.8 Å². The molecule has 1 aliphatic heterocycles. The second-order valence-electron chi connectivity index (χ2n) is 3.98. The minimum atomic E-state index is -1.31. The minimum Gasteiger partial charge on any atom is -0.352 e. The second kappa shape index (κ2) is 5.07. The first-order valence-corrected chi connectivity index (χ1v) is 5.45. The number of nitrogens with one attached hydrogen (secondary N) is 2. The van der Waals surface area contributed by atoms with Crippen molar-refractivity contribution in [2.75, 3.05) is 6.54 Å². The quantitative estimate of drug-likeness (QED) is 0.766. The van der Waals surface area contributed by atoms with E-state index in [0.717, 1.165) is 12.3 Å². The molecule has 2 N–H and O–H groups in total. The molecule has 2 heterocycles. The van der Waals surface area contributed by atoms with Gasteiger partial charge in [-0.1, -0.05) is 0 Å². The van der Waals surface area contributed by atoms with Gasteiger partial charge in [-0.3, -0.25) is 9.59 Å². The van der Waals surface area contributed by atoms with E-state index in [1.165, 1.54) is 0 Å². The lowest BCUT2D eigenvalue weighted by Crippen LogP contribution is -2.38. The fourth-order valence-corrected chi connectivity index (χ4v) is 1.74. The third kappa shape index (κ3) is 2.61. The summed E-state index contributed by atoms with van der Waals surface area (Å²) in [5.74, 6) is -3.38. The van der Waals surface area contributed by atoms with E-state index in [1.54, 1.807) is 0 Å². The lowest BCUT2D eigenvalue weighted by molar-refractivity contribution is -0.119. The monoisotopic (exact) mass is 255 g/mol. The summed E-state index contributed by atoms with van der Waals surface area (Å²) in [5.41, 5.74) is -0.396. The van der Waals surface area contributed by atoms with E-state index in [9.17, 15) is 18.4 Å². The Balaban J connectivity index is 1.95. The first-order chi connectivity index (χ1) is 8.58. The summed E-state index contributed by atoms with van der Waals surface area (Å²) in [6, 6.07) is 0.942. The van der Waals surface area contributed by atoms with E-state index in [-0.39, 0.29) is 18.5 Å². The van der Waals surface area contributed by atoms with Crippen molar-refractivity contribution in [2.45, 2.75) is 18.9 Å². The molecule has 0 aromatic carbocycles. The van der Waals surface area contributed by atoms with Crippen LogP contribution in [0.5, 0.6) is 0 Å². The van der Waals surface area contributed by atoms with Crippen LogP contribution in [0.15, 0.2) is 12.3 Å². The lowest BCUT2D eigenvalue weighted by Gasteiger charge is -2.11. The highest BCUT2D eigenvalue weighted by Crippen LogP contribution is 2.09. The number of hydrogen-bond donors (Lipinski definition) is 2. The minimum absolute atomic E-state index is 0.0737. The van der Waals surface area contributed by atoms with Crippen molar-refractivity contribution < 1.29 is 18.4 Å². The molecule has 1 aliphatic rings. The van der Waals surface area contributed by atoms with Crippen LogP contribution in [-0.2, 0) is 4.79 Å². The van der Waals surface area contributed by atoms with Gasteiger partial charge in [-0.25, -0.2) is 9.37 Å². The van der Waals surface area contributed by atoms with E-state index in [0.29, 0.717) is 12.8 Å². The number of rotatable bonds is 3. The van der Waals surface area contributed by atoms with Gasteiger partial charge >= 0.3 is 0 Å². The van der Waals surface area contributed by atoms with Gasteiger partial charge < -0.3 is 10.6 Å². The third-order valence-electron chi connectivity index (χ3n) is 2.69. The maximum atomic E-state index is 13.2. The SMILES string of the molecule is O=C1CCC(CNC(=O)c2ccnc(F)c2F)N1. The molecule has 0 aliphatic carbocycles. The Morgan fingerprint density at radius 2 is 2.33 bits per heavy atom. The van der Waals surface area contributed by atoms with Crippen LogP contribution in [0.2, 0.25) is 0 Å². The van der Waals surface area contributed by atoms with Crippen molar-refractivity contribution >= 4 is 11.8 Å². The smallest absolute Gasteiger partial charge is 0.254 e. The molecular formula is C11H11F2N3O2. The van der Waals surface area contributed by atoms with Gasteiger partial charge in [0, 0.05) is 25.2 Å². The molecule has 0 radical (unpaired) electrons. The number of halogens is 2. The Hall–Kier alpha value is -2.05. The predicted molar refractivity (Wildman–Crippen MR) is 57.7 cm³/mol. The molecule has 1 atom stereocenters. The molecule has 2 amide bonds. The van der Waals surface area contributed by atoms with Crippen molar-refractivity contribution in [3.8, 4) is 0 Å². The molecule has 1 fully saturated rings. The number of carbonyl (C=O) groups is 2. The molecule has 96 valence electrons. The number of carbonyl (C=O) groups excluding carboxylic acids is 2. The van der Waals surface area contributed by atoms with E-state index >= 15 is 0 Å². The molecule has 0 saturated carbocycles. The maximum Gasteiger partial charge on any atom is 0.254 e. The van der Waals surface area contributed by atoms with Gasteiger partial charge in [0.2, 0.25) is 11.9 Å². The summed E-state index contributed by atoms with van der Waals surface area (Å²) in [6.45, 7) is 0.188. The van der Waals surface area contributed by atoms with Crippen LogP contribution in [-0.4, -0.2) is 29.4 Å². The van der Waals surface area contributed by atoms with E-state index < -0.39 is 23.2 Å². The summed E-state index contributed by atoms with van der Waals surface area (Å²) in [6.07, 6.45) is 2.05. The largest absolute Gasteiger partial charge is 0.352 e. The van der Waals surface area contributed by atoms with E-state index in [2.05, 4.69) is 15.6 Å². The van der Waals surface area contributed by atoms with Crippen LogP contribution in [0.3, 0.4) is 0 Å². The van der Waals surface area contributed by atoms with Crippen molar-refractivity contribution in [3.05, 3.63) is 29.6 Å². The Labute approximate surface area is 102 Å². The number of hydrogen-bond acceptors (Lipinski definition) is 3. The van der Waals surface area contributed by atoms with Gasteiger partial charge in [0.05, 0.1) is 5.56 Å². The first kappa shape index (κ1) is 12.4. The number of aromatic nitrogens is 1. The molecule has 7 heteroatoms. The summed E-state index contributed by atoms with van der Waals surface area (Å²) in [7, 11) is 0. The third-order valence-corrected chi connectivity index (χ3v) is 2.69. The maximum absolute atomic E-state index is 13.2. The Bertz CT molecular complexity index is 493. The highest BCUT2D eigenvalue weighted by Gasteiger charge is 2.22. The Kier molecular flexibility index (Phi) is 3.50. The molecule has 0 bridgehead atoms. The molecule has 1 saturated heterocycles. The van der Waals surface area contributed by atoms with Crippen molar-refractivity contribution in [1.29, 1.82) is 0 Å². The van der Waals surface area contributed by atoms with Crippen LogP contribution >= 0.6 is 0 Å². The zero-order valence-electron chi connectivity index (χ0n) is 9.37. The highest BCUT2D eigenvalue weighted by molar-refractivity contribution is 5.94. The molecule has 2 rings (SSSR count). The molecule has 1 aromatic rings. The van der Waals surface area contributed by atoms with Crippen molar-refractivity contribution in [2.24, 2.45) is 0 Å². The molecule has 0 spiro atoms. The summed E-state index contributed by atoms with van der Waals surface area (Å²) >= 11 is 0. The highest BCUT2D eigenvalue weighted by atomic mass is 19.2. The van der Waals surface area contributed by atoms with Crippen molar-refractivity contribution in [3.63, 3.8) is 0 Å². The normalized spacial score (nSPS) is 18.6. The fourth-order valence-electron chi connectivity index (χ4n) is 1.74. The summed E-state index contributed by atoms with van der Waals surface area (Å²) < 4.78 is 26.1. The zero-order valence-corrected chi connectivity index (χ0v) is 9.37. The summed E-state index contributed by atoms with van der Waals surface area (Å²) in [4.78, 5) is 25.6. The fraction of sp³-hybridized carbons (Fsp3) is 0.364. The standard InChI is InChI=1S/C11H11F2N3O2/c12-9-7(3-4-14-10(9)13)11(18)15-5-6-1-2-8(17)16-6/h3-4,6H,1-2,5H2,(H,15,18)(H,16,17). The van der Waals surface area contributed by atoms with Gasteiger partial charge in [-0.15, -0.1) is 0 Å². The average molecular weight is 255 g/mol. The molecule has 1 aromatic heterocycles. The van der Waals surface area contributed by atoms with Crippen molar-refractivity contribution in [1.82, 2.24) is 15.6 Å². The molecule has 5 nitrogen and oxygen atoms in total. The van der Waals surface area contributed by atoms with Crippen LogP contribution in [0.1, 0.15) is 23.2 Å². The van der Waals surface area contributed by atoms with Gasteiger partial charge in [0.1, 0.15) is 0 Å². The number of amides is 2. The zero-order chi connectivity index (χ0) is 13.1. The topological polar surface area (TPSA) is 71.1 Å². The van der Waals surface area contributed by atoms with E-state index in [4.69, 9.17) is 0 Å². The average Bonchev–Trinajstić information content (AvgIpc) is 2.76. The Morgan fingerprint density at radius 3 is 3.00 bits per heavy atom. The van der Waals surface area contributed by atoms with Gasteiger partial charge in [-0.05, 0) is 12.5 Å². The van der Waals surface area contributed by atoms with Crippen LogP contribution in [0.4, 0.5) is 8.78 Å². The molecule has 1 unspecified atom stereocenters. The van der Waals surface area contributed by atoms with Crippen LogP contribution in [0.25, 0.3) is 0 Å². The van der Waals surface area contributed by atoms with Crippen LogP contribution < -0.4 is 10.6 Å². The number of nitrogens with zero attached hydrogens (tertiary/aromatic N) is 1. The lowest BCUT2D eigenvalue weighted by atomic mass is 10.2. The van der Waals surface area contributed by atoms with Gasteiger partial charge in [0.15, 0.2) is 5.82 Å². The molecular weight excluding hydrogens is 244 g/mol. The summed E-state index contributed by atoms with van der Waals surface area (Å²) in [5, 5.41) is 5.09. The molecule has 18 heavy (non-hydrogen) atoms. The second-order valence-corrected chi connectivity index (χ2v) is 3.98. The van der Waals surface area contributed by atoms with Gasteiger partial charge in [-0.2, -0.15) is 4.39 Å². The Morgan fingerprint density at radius 1 is 1.56 bits per heavy atom.